The number of hydrogen-bond acceptors (Lipinski definition) is 12. The molecule has 7 N–H and O–H groups in total. The van der Waals surface area contributed by atoms with E-state index >= 15 is 0 Å². The highest BCUT2D eigenvalue weighted by Gasteiger charge is 2.49. The lowest BCUT2D eigenvalue weighted by molar-refractivity contribution is -0.318. The van der Waals surface area contributed by atoms with Crippen LogP contribution in [-0.4, -0.2) is 85.1 Å². The van der Waals surface area contributed by atoms with Gasteiger partial charge in [-0.25, -0.2) is 4.79 Å². The van der Waals surface area contributed by atoms with Crippen molar-refractivity contribution in [3.63, 3.8) is 0 Å². The van der Waals surface area contributed by atoms with E-state index in [-0.39, 0.29) is 35.0 Å². The predicted molar refractivity (Wildman–Crippen MR) is 145 cm³/mol. The number of carbonyl (C=O) groups is 1. The molecular weight excluding hydrogens is 552 g/mol. The van der Waals surface area contributed by atoms with Crippen LogP contribution in [0.3, 0.4) is 0 Å². The molecule has 0 bridgehead atoms. The van der Waals surface area contributed by atoms with Crippen molar-refractivity contribution in [2.75, 3.05) is 6.61 Å². The van der Waals surface area contributed by atoms with Crippen molar-refractivity contribution < 1.29 is 59.5 Å². The molecule has 0 amide bonds. The fourth-order valence-corrected chi connectivity index (χ4v) is 4.93. The minimum atomic E-state index is -1.71. The van der Waals surface area contributed by atoms with Gasteiger partial charge in [-0.2, -0.15) is 0 Å². The number of aliphatic hydroxyl groups excluding tert-OH is 3. The molecule has 2 heterocycles. The molecule has 3 aromatic rings. The summed E-state index contributed by atoms with van der Waals surface area (Å²) >= 11 is 0. The third-order valence-electron chi connectivity index (χ3n) is 7.09. The van der Waals surface area contributed by atoms with Gasteiger partial charge in [0.15, 0.2) is 30.0 Å². The quantitative estimate of drug-likeness (QED) is 0.121. The molecular formula is C30H30O12. The van der Waals surface area contributed by atoms with Crippen molar-refractivity contribution in [3.05, 3.63) is 83.4 Å². The Morgan fingerprint density at radius 1 is 0.929 bits per heavy atom. The van der Waals surface area contributed by atoms with Crippen LogP contribution in [0.4, 0.5) is 0 Å². The van der Waals surface area contributed by atoms with E-state index in [4.69, 9.17) is 18.9 Å². The minimum absolute atomic E-state index is 0.0371. The van der Waals surface area contributed by atoms with Crippen LogP contribution >= 0.6 is 0 Å². The number of phenols is 4. The van der Waals surface area contributed by atoms with E-state index in [0.717, 1.165) is 12.1 Å². The molecule has 0 spiro atoms. The van der Waals surface area contributed by atoms with Gasteiger partial charge in [0.2, 0.25) is 0 Å². The van der Waals surface area contributed by atoms with Crippen molar-refractivity contribution in [1.82, 2.24) is 0 Å². The second kappa shape index (κ2) is 12.3. The highest BCUT2D eigenvalue weighted by atomic mass is 16.7. The van der Waals surface area contributed by atoms with Crippen LogP contribution in [0.1, 0.15) is 22.8 Å². The first-order valence-corrected chi connectivity index (χ1v) is 13.1. The van der Waals surface area contributed by atoms with E-state index in [1.165, 1.54) is 30.3 Å². The van der Waals surface area contributed by atoms with Crippen LogP contribution in [0.5, 0.6) is 28.7 Å². The first-order valence-electron chi connectivity index (χ1n) is 13.1. The standard InChI is InChI=1S/C30H30O12/c31-14-24-26(37)27(38)29(42-25(36)9-6-15-4-2-1-3-5-15)30(41-24)40-23-13-18-20(34)11-17(32)12-22(18)39-28(23)16-7-8-19(33)21(35)10-16/h1-12,23-24,26-35,37-38H,13-14H2/b9-6+/t23-,24+,26+,27-,28+,29+,30+/m0/s1. The Hall–Kier alpha value is -4.33. The molecule has 0 unspecified atom stereocenters. The normalized spacial score (nSPS) is 27.3. The molecule has 0 radical (unpaired) electrons. The van der Waals surface area contributed by atoms with Gasteiger partial charge in [-0.3, -0.25) is 0 Å². The van der Waals surface area contributed by atoms with E-state index in [1.807, 2.05) is 6.07 Å². The molecule has 1 saturated heterocycles. The molecule has 12 heteroatoms. The zero-order valence-corrected chi connectivity index (χ0v) is 22.1. The highest BCUT2D eigenvalue weighted by molar-refractivity contribution is 5.87. The van der Waals surface area contributed by atoms with Crippen molar-refractivity contribution >= 4 is 12.0 Å². The molecule has 222 valence electrons. The van der Waals surface area contributed by atoms with Gasteiger partial charge in [0.1, 0.15) is 41.7 Å². The second-order valence-corrected chi connectivity index (χ2v) is 9.96. The summed E-state index contributed by atoms with van der Waals surface area (Å²) in [6.07, 6.45) is -7.18. The third kappa shape index (κ3) is 6.12. The molecule has 0 aliphatic carbocycles. The largest absolute Gasteiger partial charge is 0.508 e. The maximum atomic E-state index is 12.7. The Labute approximate surface area is 239 Å². The van der Waals surface area contributed by atoms with Gasteiger partial charge in [0, 0.05) is 30.2 Å². The summed E-state index contributed by atoms with van der Waals surface area (Å²) in [7, 11) is 0. The molecule has 0 saturated carbocycles. The number of benzene rings is 3. The van der Waals surface area contributed by atoms with Crippen LogP contribution in [0.25, 0.3) is 6.08 Å². The van der Waals surface area contributed by atoms with Gasteiger partial charge in [-0.05, 0) is 29.3 Å². The summed E-state index contributed by atoms with van der Waals surface area (Å²) in [5.41, 5.74) is 1.32. The molecule has 1 fully saturated rings. The highest BCUT2D eigenvalue weighted by Crippen LogP contribution is 2.44. The van der Waals surface area contributed by atoms with Crippen LogP contribution in [-0.2, 0) is 25.4 Å². The van der Waals surface area contributed by atoms with E-state index in [2.05, 4.69) is 0 Å². The van der Waals surface area contributed by atoms with Gasteiger partial charge in [-0.1, -0.05) is 36.4 Å². The molecule has 5 rings (SSSR count). The number of hydrogen-bond donors (Lipinski definition) is 7. The lowest BCUT2D eigenvalue weighted by atomic mass is 9.93. The van der Waals surface area contributed by atoms with Gasteiger partial charge in [-0.15, -0.1) is 0 Å². The van der Waals surface area contributed by atoms with Crippen LogP contribution in [0.2, 0.25) is 0 Å². The van der Waals surface area contributed by atoms with Crippen molar-refractivity contribution in [2.24, 2.45) is 0 Å². The zero-order chi connectivity index (χ0) is 30.0. The summed E-state index contributed by atoms with van der Waals surface area (Å²) < 4.78 is 23.4. The molecule has 12 nitrogen and oxygen atoms in total. The van der Waals surface area contributed by atoms with E-state index in [1.54, 1.807) is 24.3 Å². The second-order valence-electron chi connectivity index (χ2n) is 9.96. The maximum Gasteiger partial charge on any atom is 0.331 e. The summed E-state index contributed by atoms with van der Waals surface area (Å²) in [6.45, 7) is -0.689. The summed E-state index contributed by atoms with van der Waals surface area (Å²) in [5, 5.41) is 71.5. The summed E-state index contributed by atoms with van der Waals surface area (Å²) in [4.78, 5) is 12.7. The van der Waals surface area contributed by atoms with Crippen LogP contribution in [0.15, 0.2) is 66.7 Å². The topological polar surface area (TPSA) is 196 Å². The number of aliphatic hydroxyl groups is 3. The Bertz CT molecular complexity index is 1440. The van der Waals surface area contributed by atoms with Crippen LogP contribution in [0, 0.1) is 0 Å². The number of ether oxygens (including phenoxy) is 4. The zero-order valence-electron chi connectivity index (χ0n) is 22.1. The Kier molecular flexibility index (Phi) is 8.52. The smallest absolute Gasteiger partial charge is 0.331 e. The molecule has 42 heavy (non-hydrogen) atoms. The Morgan fingerprint density at radius 2 is 1.69 bits per heavy atom. The van der Waals surface area contributed by atoms with Gasteiger partial charge in [0.25, 0.3) is 0 Å². The number of aromatic hydroxyl groups is 4. The lowest BCUT2D eigenvalue weighted by Gasteiger charge is -2.44. The van der Waals surface area contributed by atoms with Crippen LogP contribution < -0.4 is 4.74 Å². The maximum absolute atomic E-state index is 12.7. The first kappa shape index (κ1) is 29.2. The Morgan fingerprint density at radius 3 is 2.40 bits per heavy atom. The average Bonchev–Trinajstić information content (AvgIpc) is 2.97. The number of fused-ring (bicyclic) bond motifs is 1. The fraction of sp³-hybridized carbons (Fsp3) is 0.300. The number of carbonyl (C=O) groups excluding carboxylic acids is 1. The molecule has 3 aromatic carbocycles. The van der Waals surface area contributed by atoms with E-state index in [0.29, 0.717) is 11.1 Å². The molecule has 2 aliphatic heterocycles. The molecule has 2 aliphatic rings. The van der Waals surface area contributed by atoms with Gasteiger partial charge >= 0.3 is 5.97 Å². The molecule has 0 aromatic heterocycles. The molecule has 7 atom stereocenters. The SMILES string of the molecule is O=C(/C=C/c1ccccc1)O[C@H]1[C@H](O[C@H]2Cc3c(O)cc(O)cc3O[C@@H]2c2ccc(O)c(O)c2)O[C@H](CO)[C@@H](O)[C@@H]1O. The van der Waals surface area contributed by atoms with Gasteiger partial charge < -0.3 is 54.7 Å². The monoisotopic (exact) mass is 582 g/mol. The average molecular weight is 583 g/mol. The number of phenolic OH excluding ortho intramolecular Hbond substituents is 4. The number of rotatable bonds is 7. The van der Waals surface area contributed by atoms with E-state index < -0.39 is 61.2 Å². The third-order valence-corrected chi connectivity index (χ3v) is 7.09. The van der Waals surface area contributed by atoms with E-state index in [9.17, 15) is 40.5 Å². The first-order chi connectivity index (χ1) is 20.1. The minimum Gasteiger partial charge on any atom is -0.508 e. The Balaban J connectivity index is 1.45. The summed E-state index contributed by atoms with van der Waals surface area (Å²) in [6, 6.07) is 15.3. The van der Waals surface area contributed by atoms with Gasteiger partial charge in [0.05, 0.1) is 6.61 Å². The summed E-state index contributed by atoms with van der Waals surface area (Å²) in [5.74, 6) is -2.10. The van der Waals surface area contributed by atoms with Crippen molar-refractivity contribution in [3.8, 4) is 28.7 Å². The van der Waals surface area contributed by atoms with Crippen molar-refractivity contribution in [1.29, 1.82) is 0 Å². The lowest BCUT2D eigenvalue weighted by Crippen LogP contribution is -2.61. The number of esters is 1. The fourth-order valence-electron chi connectivity index (χ4n) is 4.93. The predicted octanol–water partition coefficient (Wildman–Crippen LogP) is 1.63. The van der Waals surface area contributed by atoms with Crippen molar-refractivity contribution in [2.45, 2.75) is 49.3 Å².